The number of pyridine rings is 1. The summed E-state index contributed by atoms with van der Waals surface area (Å²) < 4.78 is 38.4. The van der Waals surface area contributed by atoms with E-state index in [1.165, 1.54) is 23.5 Å². The van der Waals surface area contributed by atoms with Crippen LogP contribution in [0.2, 0.25) is 4.34 Å². The zero-order valence-electron chi connectivity index (χ0n) is 12.7. The Hall–Kier alpha value is -1.70. The number of aryl methyl sites for hydroxylation is 1. The molecule has 0 unspecified atom stereocenters. The van der Waals surface area contributed by atoms with Crippen LogP contribution in [0.1, 0.15) is 12.5 Å². The number of aromatic nitrogens is 1. The van der Waals surface area contributed by atoms with Crippen molar-refractivity contribution < 1.29 is 12.8 Å². The van der Waals surface area contributed by atoms with E-state index in [1.807, 2.05) is 6.92 Å². The maximum atomic E-state index is 13.0. The molecule has 0 amide bonds. The van der Waals surface area contributed by atoms with Crippen LogP contribution in [0, 0.1) is 5.82 Å². The minimum absolute atomic E-state index is 0.0702. The Balaban J connectivity index is 1.92. The van der Waals surface area contributed by atoms with Gasteiger partial charge in [0.2, 0.25) is 0 Å². The van der Waals surface area contributed by atoms with Gasteiger partial charge in [0.25, 0.3) is 0 Å². The number of nitrogens with one attached hydrogen (secondary N) is 1. The lowest BCUT2D eigenvalue weighted by Crippen LogP contribution is -2.15. The standard InChI is InChI=1S/C16H14ClFN2O2S2/c1-2-12-14-13(7-8-19-16(14)23-15(12)17)20-9-24(21,22)11-5-3-10(18)4-6-11/h3-8H,2,9H2,1H3,(H,19,20). The molecule has 126 valence electrons. The molecule has 0 bridgehead atoms. The fourth-order valence-electron chi connectivity index (χ4n) is 2.42. The molecular formula is C16H14ClFN2O2S2. The summed E-state index contributed by atoms with van der Waals surface area (Å²) in [4.78, 5) is 5.12. The van der Waals surface area contributed by atoms with Crippen LogP contribution in [0.4, 0.5) is 10.1 Å². The van der Waals surface area contributed by atoms with E-state index in [0.717, 1.165) is 34.3 Å². The van der Waals surface area contributed by atoms with Crippen molar-refractivity contribution in [3.8, 4) is 0 Å². The molecule has 3 aromatic rings. The Bertz CT molecular complexity index is 985. The molecule has 0 saturated heterocycles. The molecule has 0 atom stereocenters. The van der Waals surface area contributed by atoms with Gasteiger partial charge in [-0.1, -0.05) is 18.5 Å². The van der Waals surface area contributed by atoms with E-state index in [-0.39, 0.29) is 10.8 Å². The minimum Gasteiger partial charge on any atom is -0.371 e. The first kappa shape index (κ1) is 17.1. The average molecular weight is 385 g/mol. The number of benzene rings is 1. The molecule has 0 spiro atoms. The minimum atomic E-state index is -3.58. The third-order valence-corrected chi connectivity index (χ3v) is 6.52. The van der Waals surface area contributed by atoms with Gasteiger partial charge in [-0.25, -0.2) is 17.8 Å². The lowest BCUT2D eigenvalue weighted by molar-refractivity contribution is 0.596. The predicted molar refractivity (Wildman–Crippen MR) is 96.1 cm³/mol. The van der Waals surface area contributed by atoms with Gasteiger partial charge >= 0.3 is 0 Å². The van der Waals surface area contributed by atoms with Crippen LogP contribution in [0.5, 0.6) is 0 Å². The third-order valence-electron chi connectivity index (χ3n) is 3.62. The van der Waals surface area contributed by atoms with Crippen molar-refractivity contribution in [2.45, 2.75) is 18.2 Å². The average Bonchev–Trinajstić information content (AvgIpc) is 2.89. The lowest BCUT2D eigenvalue weighted by atomic mass is 10.1. The lowest BCUT2D eigenvalue weighted by Gasteiger charge is -2.10. The van der Waals surface area contributed by atoms with Crippen molar-refractivity contribution in [2.75, 3.05) is 11.2 Å². The molecular weight excluding hydrogens is 371 g/mol. The summed E-state index contributed by atoms with van der Waals surface area (Å²) in [6, 6.07) is 6.50. The van der Waals surface area contributed by atoms with E-state index >= 15 is 0 Å². The van der Waals surface area contributed by atoms with Gasteiger partial charge in [-0.2, -0.15) is 0 Å². The number of thiophene rings is 1. The van der Waals surface area contributed by atoms with Crippen molar-refractivity contribution in [1.82, 2.24) is 4.98 Å². The number of hydrogen-bond acceptors (Lipinski definition) is 5. The van der Waals surface area contributed by atoms with Gasteiger partial charge in [-0.05, 0) is 42.3 Å². The summed E-state index contributed by atoms with van der Waals surface area (Å²) in [7, 11) is -3.58. The SMILES string of the molecule is CCc1c(Cl)sc2nccc(NCS(=O)(=O)c3ccc(F)cc3)c12. The highest BCUT2D eigenvalue weighted by Crippen LogP contribution is 2.38. The highest BCUT2D eigenvalue weighted by molar-refractivity contribution is 7.91. The Morgan fingerprint density at radius 1 is 1.25 bits per heavy atom. The molecule has 0 aliphatic carbocycles. The van der Waals surface area contributed by atoms with Gasteiger partial charge in [0, 0.05) is 17.3 Å². The molecule has 4 nitrogen and oxygen atoms in total. The van der Waals surface area contributed by atoms with Gasteiger partial charge in [0.1, 0.15) is 16.5 Å². The summed E-state index contributed by atoms with van der Waals surface area (Å²) >= 11 is 7.61. The van der Waals surface area contributed by atoms with Gasteiger partial charge in [0.15, 0.2) is 9.84 Å². The van der Waals surface area contributed by atoms with Crippen LogP contribution >= 0.6 is 22.9 Å². The molecule has 1 aromatic carbocycles. The molecule has 2 aromatic heterocycles. The fourth-order valence-corrected chi connectivity index (χ4v) is 4.92. The van der Waals surface area contributed by atoms with Crippen LogP contribution in [-0.2, 0) is 16.3 Å². The highest BCUT2D eigenvalue weighted by atomic mass is 35.5. The van der Waals surface area contributed by atoms with Crippen molar-refractivity contribution in [1.29, 1.82) is 0 Å². The van der Waals surface area contributed by atoms with Crippen LogP contribution in [0.25, 0.3) is 10.2 Å². The Labute approximate surface area is 148 Å². The molecule has 0 radical (unpaired) electrons. The monoisotopic (exact) mass is 384 g/mol. The number of anilines is 1. The molecule has 1 N–H and O–H groups in total. The molecule has 0 fully saturated rings. The van der Waals surface area contributed by atoms with Crippen molar-refractivity contribution in [3.63, 3.8) is 0 Å². The van der Waals surface area contributed by atoms with Crippen LogP contribution in [0.3, 0.4) is 0 Å². The van der Waals surface area contributed by atoms with Crippen molar-refractivity contribution >= 4 is 48.7 Å². The number of halogens is 2. The quantitative estimate of drug-likeness (QED) is 0.658. The Morgan fingerprint density at radius 2 is 1.96 bits per heavy atom. The van der Waals surface area contributed by atoms with Crippen LogP contribution < -0.4 is 5.32 Å². The molecule has 3 rings (SSSR count). The Kier molecular flexibility index (Phi) is 4.76. The first-order valence-corrected chi connectivity index (χ1v) is 10.0. The normalized spacial score (nSPS) is 11.8. The van der Waals surface area contributed by atoms with E-state index in [0.29, 0.717) is 10.0 Å². The summed E-state index contributed by atoms with van der Waals surface area (Å²) in [6.07, 6.45) is 2.34. The first-order valence-electron chi connectivity index (χ1n) is 7.20. The van der Waals surface area contributed by atoms with Gasteiger partial charge < -0.3 is 5.32 Å². The largest absolute Gasteiger partial charge is 0.371 e. The van der Waals surface area contributed by atoms with E-state index in [4.69, 9.17) is 11.6 Å². The van der Waals surface area contributed by atoms with Gasteiger partial charge in [0.05, 0.1) is 9.23 Å². The van der Waals surface area contributed by atoms with E-state index in [1.54, 1.807) is 12.3 Å². The zero-order valence-corrected chi connectivity index (χ0v) is 15.1. The smallest absolute Gasteiger partial charge is 0.196 e. The topological polar surface area (TPSA) is 59.1 Å². The molecule has 0 saturated carbocycles. The zero-order chi connectivity index (χ0) is 17.3. The van der Waals surface area contributed by atoms with E-state index in [2.05, 4.69) is 10.3 Å². The van der Waals surface area contributed by atoms with Crippen molar-refractivity contribution in [3.05, 3.63) is 52.2 Å². The fraction of sp³-hybridized carbons (Fsp3) is 0.188. The summed E-state index contributed by atoms with van der Waals surface area (Å²) in [5.74, 6) is -0.771. The molecule has 8 heteroatoms. The summed E-state index contributed by atoms with van der Waals surface area (Å²) in [5, 5.41) is 3.81. The number of hydrogen-bond donors (Lipinski definition) is 1. The predicted octanol–water partition coefficient (Wildman–Crippen LogP) is 4.49. The maximum Gasteiger partial charge on any atom is 0.196 e. The summed E-state index contributed by atoms with van der Waals surface area (Å²) in [6.45, 7) is 1.99. The second kappa shape index (κ2) is 6.66. The first-order chi connectivity index (χ1) is 11.4. The summed E-state index contributed by atoms with van der Waals surface area (Å²) in [5.41, 5.74) is 1.62. The van der Waals surface area contributed by atoms with Crippen LogP contribution in [0.15, 0.2) is 41.4 Å². The van der Waals surface area contributed by atoms with E-state index < -0.39 is 15.7 Å². The van der Waals surface area contributed by atoms with E-state index in [9.17, 15) is 12.8 Å². The third kappa shape index (κ3) is 3.24. The van der Waals surface area contributed by atoms with Crippen molar-refractivity contribution in [2.24, 2.45) is 0 Å². The highest BCUT2D eigenvalue weighted by Gasteiger charge is 2.17. The maximum absolute atomic E-state index is 13.0. The van der Waals surface area contributed by atoms with Crippen LogP contribution in [-0.4, -0.2) is 19.3 Å². The Morgan fingerprint density at radius 3 is 2.62 bits per heavy atom. The van der Waals surface area contributed by atoms with Gasteiger partial charge in [-0.15, -0.1) is 11.3 Å². The molecule has 2 heterocycles. The molecule has 0 aliphatic rings. The number of nitrogens with zero attached hydrogens (tertiary/aromatic N) is 1. The second-order valence-electron chi connectivity index (χ2n) is 5.14. The number of sulfone groups is 1. The number of fused-ring (bicyclic) bond motifs is 1. The van der Waals surface area contributed by atoms with Gasteiger partial charge in [-0.3, -0.25) is 0 Å². The molecule has 24 heavy (non-hydrogen) atoms. The second-order valence-corrected chi connectivity index (χ2v) is 8.73. The number of rotatable bonds is 5. The molecule has 0 aliphatic heterocycles.